The van der Waals surface area contributed by atoms with Crippen LogP contribution >= 0.6 is 0 Å². The largest absolute Gasteiger partial charge is 0.475 e. The molecule has 4 nitrogen and oxygen atoms in total. The Bertz CT molecular complexity index is 436. The summed E-state index contributed by atoms with van der Waals surface area (Å²) < 4.78 is 5.18. The Kier molecular flexibility index (Phi) is 2.47. The van der Waals surface area contributed by atoms with Crippen molar-refractivity contribution in [3.05, 3.63) is 23.7 Å². The summed E-state index contributed by atoms with van der Waals surface area (Å²) >= 11 is 0. The van der Waals surface area contributed by atoms with E-state index in [0.29, 0.717) is 11.7 Å². The molecule has 0 amide bonds. The highest BCUT2D eigenvalue weighted by Gasteiger charge is 2.43. The number of carbonyl (C=O) groups is 1. The number of aromatic carboxylic acids is 1. The van der Waals surface area contributed by atoms with E-state index in [1.807, 2.05) is 0 Å². The van der Waals surface area contributed by atoms with Crippen LogP contribution < -0.4 is 0 Å². The van der Waals surface area contributed by atoms with Gasteiger partial charge in [-0.15, -0.1) is 0 Å². The van der Waals surface area contributed by atoms with E-state index in [-0.39, 0.29) is 11.7 Å². The number of carboxylic acids is 1. The van der Waals surface area contributed by atoms with Gasteiger partial charge in [-0.25, -0.2) is 4.79 Å². The molecular weight excluding hydrogens is 220 g/mol. The van der Waals surface area contributed by atoms with E-state index in [4.69, 9.17) is 9.52 Å². The highest BCUT2D eigenvalue weighted by atomic mass is 16.4. The lowest BCUT2D eigenvalue weighted by Gasteiger charge is -2.25. The number of aliphatic hydroxyl groups is 1. The molecular formula is C13H16O4. The van der Waals surface area contributed by atoms with Gasteiger partial charge in [0, 0.05) is 0 Å². The zero-order valence-corrected chi connectivity index (χ0v) is 9.50. The van der Waals surface area contributed by atoms with Gasteiger partial charge in [0.1, 0.15) is 11.9 Å². The normalized spacial score (nSPS) is 32.9. The summed E-state index contributed by atoms with van der Waals surface area (Å²) in [6.07, 6.45) is 4.10. The molecule has 2 bridgehead atoms. The average Bonchev–Trinajstić information content (AvgIpc) is 3.03. The minimum atomic E-state index is -1.09. The number of aliphatic hydroxyl groups excluding tert-OH is 1. The summed E-state index contributed by atoms with van der Waals surface area (Å²) in [6, 6.07) is 2.99. The van der Waals surface area contributed by atoms with Crippen molar-refractivity contribution in [1.82, 2.24) is 0 Å². The number of carboxylic acid groups (broad SMARTS) is 1. The Morgan fingerprint density at radius 2 is 2.18 bits per heavy atom. The maximum atomic E-state index is 10.7. The number of hydrogen-bond acceptors (Lipinski definition) is 3. The molecule has 2 N–H and O–H groups in total. The molecule has 0 spiro atoms. The number of rotatable bonds is 3. The standard InChI is InChI=1S/C13H16O4/c14-12(9-6-7-1-2-8(9)5-7)10-3-4-11(17-10)13(15)16/h3-4,7-9,12,14H,1-2,5-6H2,(H,15,16). The summed E-state index contributed by atoms with van der Waals surface area (Å²) in [6.45, 7) is 0. The van der Waals surface area contributed by atoms with Crippen molar-refractivity contribution in [2.45, 2.75) is 31.8 Å². The average molecular weight is 236 g/mol. The van der Waals surface area contributed by atoms with Crippen LogP contribution in [0.5, 0.6) is 0 Å². The Morgan fingerprint density at radius 3 is 2.71 bits per heavy atom. The fourth-order valence-corrected chi connectivity index (χ4v) is 3.52. The second-order valence-corrected chi connectivity index (χ2v) is 5.29. The quantitative estimate of drug-likeness (QED) is 0.845. The molecule has 2 saturated carbocycles. The first kappa shape index (κ1) is 10.8. The van der Waals surface area contributed by atoms with Crippen LogP contribution in [0.15, 0.2) is 16.5 Å². The van der Waals surface area contributed by atoms with Crippen molar-refractivity contribution in [2.75, 3.05) is 0 Å². The third kappa shape index (κ3) is 1.76. The predicted molar refractivity (Wildman–Crippen MR) is 59.6 cm³/mol. The highest BCUT2D eigenvalue weighted by molar-refractivity contribution is 5.84. The fourth-order valence-electron chi connectivity index (χ4n) is 3.52. The van der Waals surface area contributed by atoms with Crippen LogP contribution in [0.25, 0.3) is 0 Å². The van der Waals surface area contributed by atoms with E-state index < -0.39 is 12.1 Å². The van der Waals surface area contributed by atoms with Gasteiger partial charge < -0.3 is 14.6 Å². The van der Waals surface area contributed by atoms with Crippen LogP contribution in [-0.4, -0.2) is 16.2 Å². The fraction of sp³-hybridized carbons (Fsp3) is 0.615. The third-order valence-electron chi connectivity index (χ3n) is 4.33. The van der Waals surface area contributed by atoms with E-state index in [0.717, 1.165) is 12.3 Å². The molecule has 0 radical (unpaired) electrons. The Morgan fingerprint density at radius 1 is 1.35 bits per heavy atom. The smallest absolute Gasteiger partial charge is 0.371 e. The number of hydrogen-bond donors (Lipinski definition) is 2. The van der Waals surface area contributed by atoms with Crippen LogP contribution in [0.1, 0.15) is 48.1 Å². The zero-order valence-electron chi connectivity index (χ0n) is 9.50. The van der Waals surface area contributed by atoms with E-state index in [9.17, 15) is 9.90 Å². The summed E-state index contributed by atoms with van der Waals surface area (Å²) in [4.78, 5) is 10.7. The summed E-state index contributed by atoms with van der Waals surface area (Å²) in [5.41, 5.74) is 0. The van der Waals surface area contributed by atoms with Crippen LogP contribution in [0.3, 0.4) is 0 Å². The van der Waals surface area contributed by atoms with Crippen molar-refractivity contribution in [3.8, 4) is 0 Å². The third-order valence-corrected chi connectivity index (χ3v) is 4.33. The van der Waals surface area contributed by atoms with Crippen LogP contribution in [0.2, 0.25) is 0 Å². The minimum Gasteiger partial charge on any atom is -0.475 e. The molecule has 92 valence electrons. The SMILES string of the molecule is O=C(O)c1ccc(C(O)C2CC3CCC2C3)o1. The van der Waals surface area contributed by atoms with Gasteiger partial charge in [0.2, 0.25) is 5.76 Å². The lowest BCUT2D eigenvalue weighted by atomic mass is 9.84. The molecule has 0 aliphatic heterocycles. The molecule has 1 aromatic heterocycles. The van der Waals surface area contributed by atoms with E-state index in [1.165, 1.54) is 25.3 Å². The summed E-state index contributed by atoms with van der Waals surface area (Å²) in [5, 5.41) is 19.0. The van der Waals surface area contributed by atoms with Gasteiger partial charge >= 0.3 is 5.97 Å². The second kappa shape index (κ2) is 3.88. The molecule has 3 rings (SSSR count). The molecule has 0 saturated heterocycles. The summed E-state index contributed by atoms with van der Waals surface area (Å²) in [7, 11) is 0. The van der Waals surface area contributed by atoms with Crippen LogP contribution in [0, 0.1) is 17.8 Å². The molecule has 0 aromatic carbocycles. The van der Waals surface area contributed by atoms with Gasteiger partial charge in [0.15, 0.2) is 0 Å². The first-order valence-corrected chi connectivity index (χ1v) is 6.16. The molecule has 1 aromatic rings. The van der Waals surface area contributed by atoms with Crippen LogP contribution in [0.4, 0.5) is 0 Å². The van der Waals surface area contributed by atoms with Gasteiger partial charge in [0.25, 0.3) is 0 Å². The molecule has 2 aliphatic rings. The first-order valence-electron chi connectivity index (χ1n) is 6.16. The molecule has 1 heterocycles. The topological polar surface area (TPSA) is 70.7 Å². The Hall–Kier alpha value is -1.29. The van der Waals surface area contributed by atoms with Gasteiger partial charge in [-0.2, -0.15) is 0 Å². The van der Waals surface area contributed by atoms with Gasteiger partial charge in [0.05, 0.1) is 0 Å². The predicted octanol–water partition coefficient (Wildman–Crippen LogP) is 2.45. The van der Waals surface area contributed by atoms with Crippen LogP contribution in [-0.2, 0) is 0 Å². The number of furan rings is 1. The Balaban J connectivity index is 1.77. The molecule has 17 heavy (non-hydrogen) atoms. The second-order valence-electron chi connectivity index (χ2n) is 5.29. The summed E-state index contributed by atoms with van der Waals surface area (Å²) in [5.74, 6) is 0.821. The molecule has 2 fully saturated rings. The van der Waals surface area contributed by atoms with E-state index in [1.54, 1.807) is 6.07 Å². The van der Waals surface area contributed by atoms with Gasteiger partial charge in [-0.05, 0) is 49.1 Å². The lowest BCUT2D eigenvalue weighted by Crippen LogP contribution is -2.18. The van der Waals surface area contributed by atoms with Crippen molar-refractivity contribution in [2.24, 2.45) is 17.8 Å². The maximum absolute atomic E-state index is 10.7. The molecule has 4 atom stereocenters. The molecule has 4 unspecified atom stereocenters. The number of fused-ring (bicyclic) bond motifs is 2. The van der Waals surface area contributed by atoms with Crippen molar-refractivity contribution in [3.63, 3.8) is 0 Å². The van der Waals surface area contributed by atoms with Crippen molar-refractivity contribution in [1.29, 1.82) is 0 Å². The molecule has 4 heteroatoms. The van der Waals surface area contributed by atoms with Gasteiger partial charge in [-0.1, -0.05) is 6.42 Å². The lowest BCUT2D eigenvalue weighted by molar-refractivity contribution is 0.0507. The molecule has 2 aliphatic carbocycles. The Labute approximate surface area is 99.2 Å². The monoisotopic (exact) mass is 236 g/mol. The maximum Gasteiger partial charge on any atom is 0.371 e. The van der Waals surface area contributed by atoms with Gasteiger partial charge in [-0.3, -0.25) is 0 Å². The van der Waals surface area contributed by atoms with E-state index >= 15 is 0 Å². The van der Waals surface area contributed by atoms with E-state index in [2.05, 4.69) is 0 Å². The van der Waals surface area contributed by atoms with Crippen molar-refractivity contribution >= 4 is 5.97 Å². The zero-order chi connectivity index (χ0) is 12.0. The van der Waals surface area contributed by atoms with Crippen molar-refractivity contribution < 1.29 is 19.4 Å². The minimum absolute atomic E-state index is 0.0952. The highest BCUT2D eigenvalue weighted by Crippen LogP contribution is 2.52. The first-order chi connectivity index (χ1) is 8.15.